The second-order valence-corrected chi connectivity index (χ2v) is 6.31. The standard InChI is InChI=1S/C15H24O3S/c1-3-4-5-6-7-8-13-18-19(16,17)15-11-9-14(2)10-12-15/h9-12H,3-8,13H2,1-2H3/i13D. The minimum Gasteiger partial charge on any atom is -0.266 e. The second-order valence-electron chi connectivity index (χ2n) is 4.73. The van der Waals surface area contributed by atoms with Gasteiger partial charge in [-0.15, -0.1) is 0 Å². The van der Waals surface area contributed by atoms with Crippen LogP contribution in [0, 0.1) is 6.92 Å². The number of hydrogen-bond acceptors (Lipinski definition) is 3. The molecule has 0 N–H and O–H groups in total. The van der Waals surface area contributed by atoms with E-state index >= 15 is 0 Å². The van der Waals surface area contributed by atoms with E-state index in [0.29, 0.717) is 6.42 Å². The van der Waals surface area contributed by atoms with Crippen molar-refractivity contribution in [3.63, 3.8) is 0 Å². The Morgan fingerprint density at radius 2 is 1.63 bits per heavy atom. The summed E-state index contributed by atoms with van der Waals surface area (Å²) in [6.45, 7) is 3.02. The van der Waals surface area contributed by atoms with Crippen LogP contribution in [0.4, 0.5) is 0 Å². The van der Waals surface area contributed by atoms with Crippen molar-refractivity contribution in [3.8, 4) is 0 Å². The van der Waals surface area contributed by atoms with Gasteiger partial charge in [-0.3, -0.25) is 4.18 Å². The maximum atomic E-state index is 11.9. The molecule has 0 aromatic heterocycles. The van der Waals surface area contributed by atoms with Crippen molar-refractivity contribution >= 4 is 10.1 Å². The van der Waals surface area contributed by atoms with E-state index in [1.165, 1.54) is 25.0 Å². The molecule has 0 bridgehead atoms. The average molecular weight is 285 g/mol. The molecule has 0 aliphatic rings. The van der Waals surface area contributed by atoms with E-state index in [1.54, 1.807) is 12.1 Å². The van der Waals surface area contributed by atoms with Crippen LogP contribution < -0.4 is 0 Å². The highest BCUT2D eigenvalue weighted by atomic mass is 32.2. The number of benzene rings is 1. The number of hydrogen-bond donors (Lipinski definition) is 0. The second kappa shape index (κ2) is 8.33. The van der Waals surface area contributed by atoms with Crippen LogP contribution in [-0.4, -0.2) is 15.0 Å². The molecule has 0 aliphatic heterocycles. The highest BCUT2D eigenvalue weighted by Gasteiger charge is 2.13. The first kappa shape index (κ1) is 14.5. The fraction of sp³-hybridized carbons (Fsp3) is 0.600. The van der Waals surface area contributed by atoms with Crippen LogP contribution in [0.2, 0.25) is 0 Å². The SMILES string of the molecule is [2H]C(CCCCCCC)OS(=O)(=O)c1ccc(C)cc1. The van der Waals surface area contributed by atoms with Gasteiger partial charge >= 0.3 is 0 Å². The lowest BCUT2D eigenvalue weighted by molar-refractivity contribution is 0.306. The zero-order valence-corrected chi connectivity index (χ0v) is 12.6. The molecule has 108 valence electrons. The molecule has 0 amide bonds. The van der Waals surface area contributed by atoms with Gasteiger partial charge in [-0.05, 0) is 25.5 Å². The normalized spacial score (nSPS) is 14.1. The lowest BCUT2D eigenvalue weighted by atomic mass is 10.1. The van der Waals surface area contributed by atoms with Crippen molar-refractivity contribution in [2.24, 2.45) is 0 Å². The Kier molecular flexibility index (Phi) is 6.37. The van der Waals surface area contributed by atoms with Gasteiger partial charge in [-0.25, -0.2) is 0 Å². The van der Waals surface area contributed by atoms with E-state index in [9.17, 15) is 8.42 Å². The first-order valence-electron chi connectivity index (χ1n) is 7.45. The Balaban J connectivity index is 2.43. The third-order valence-electron chi connectivity index (χ3n) is 2.93. The lowest BCUT2D eigenvalue weighted by Gasteiger charge is -2.06. The van der Waals surface area contributed by atoms with Gasteiger partial charge in [-0.1, -0.05) is 56.7 Å². The summed E-state index contributed by atoms with van der Waals surface area (Å²) in [6, 6.07) is 6.47. The summed E-state index contributed by atoms with van der Waals surface area (Å²) in [7, 11) is -3.81. The molecule has 0 aliphatic carbocycles. The summed E-state index contributed by atoms with van der Waals surface area (Å²) >= 11 is 0. The third kappa shape index (κ3) is 6.21. The van der Waals surface area contributed by atoms with Gasteiger partial charge in [0.2, 0.25) is 0 Å². The molecule has 1 unspecified atom stereocenters. The molecule has 0 radical (unpaired) electrons. The number of aryl methyl sites for hydroxylation is 1. The minimum absolute atomic E-state index is 0.117. The van der Waals surface area contributed by atoms with Crippen molar-refractivity contribution in [3.05, 3.63) is 29.8 Å². The van der Waals surface area contributed by atoms with Crippen LogP contribution in [0.5, 0.6) is 0 Å². The summed E-state index contributed by atoms with van der Waals surface area (Å²) in [5, 5.41) is 0. The Bertz CT molecular complexity index is 482. The molecule has 0 saturated carbocycles. The van der Waals surface area contributed by atoms with E-state index in [0.717, 1.165) is 24.8 Å². The van der Waals surface area contributed by atoms with Gasteiger partial charge < -0.3 is 0 Å². The van der Waals surface area contributed by atoms with E-state index in [1.807, 2.05) is 6.92 Å². The summed E-state index contributed by atoms with van der Waals surface area (Å²) in [4.78, 5) is 0.117. The van der Waals surface area contributed by atoms with Crippen LogP contribution >= 0.6 is 0 Å². The van der Waals surface area contributed by atoms with Gasteiger partial charge in [0, 0.05) is 0 Å². The van der Waals surface area contributed by atoms with Crippen molar-refractivity contribution in [1.82, 2.24) is 0 Å². The van der Waals surface area contributed by atoms with Crippen LogP contribution in [0.25, 0.3) is 0 Å². The molecular formula is C15H24O3S. The molecule has 3 nitrogen and oxygen atoms in total. The quantitative estimate of drug-likeness (QED) is 0.507. The van der Waals surface area contributed by atoms with Crippen molar-refractivity contribution in [1.29, 1.82) is 0 Å². The average Bonchev–Trinajstić information content (AvgIpc) is 2.38. The lowest BCUT2D eigenvalue weighted by Crippen LogP contribution is -2.07. The molecular weight excluding hydrogens is 260 g/mol. The van der Waals surface area contributed by atoms with Gasteiger partial charge in [-0.2, -0.15) is 8.42 Å². The van der Waals surface area contributed by atoms with Crippen LogP contribution in [0.1, 0.15) is 52.4 Å². The van der Waals surface area contributed by atoms with E-state index in [2.05, 4.69) is 6.92 Å². The van der Waals surface area contributed by atoms with Gasteiger partial charge in [0.25, 0.3) is 10.1 Å². The zero-order valence-electron chi connectivity index (χ0n) is 12.8. The summed E-state index contributed by atoms with van der Waals surface area (Å²) < 4.78 is 36.5. The van der Waals surface area contributed by atoms with Gasteiger partial charge in [0.15, 0.2) is 0 Å². The maximum absolute atomic E-state index is 11.9. The highest BCUT2D eigenvalue weighted by Crippen LogP contribution is 2.14. The molecule has 19 heavy (non-hydrogen) atoms. The monoisotopic (exact) mass is 285 g/mol. The Morgan fingerprint density at radius 3 is 2.26 bits per heavy atom. The zero-order chi connectivity index (χ0) is 15.0. The molecule has 0 heterocycles. The molecule has 1 rings (SSSR count). The molecule has 1 atom stereocenters. The minimum atomic E-state index is -3.81. The van der Waals surface area contributed by atoms with Gasteiger partial charge in [0.05, 0.1) is 12.8 Å². The van der Waals surface area contributed by atoms with Crippen molar-refractivity contribution in [2.45, 2.75) is 57.3 Å². The molecule has 0 saturated heterocycles. The maximum Gasteiger partial charge on any atom is 0.296 e. The largest absolute Gasteiger partial charge is 0.296 e. The summed E-state index contributed by atoms with van der Waals surface area (Å²) in [5.41, 5.74) is 0.988. The molecule has 4 heteroatoms. The summed E-state index contributed by atoms with van der Waals surface area (Å²) in [5.74, 6) is 0. The van der Waals surface area contributed by atoms with E-state index in [-0.39, 0.29) is 4.90 Å². The fourth-order valence-electron chi connectivity index (χ4n) is 1.73. The van der Waals surface area contributed by atoms with Crippen molar-refractivity contribution < 1.29 is 14.0 Å². The highest BCUT2D eigenvalue weighted by molar-refractivity contribution is 7.86. The third-order valence-corrected chi connectivity index (χ3v) is 4.17. The molecule has 0 fully saturated rings. The van der Waals surface area contributed by atoms with E-state index < -0.39 is 16.7 Å². The first-order valence-corrected chi connectivity index (χ1v) is 8.28. The molecule has 1 aromatic carbocycles. The molecule has 1 aromatic rings. The Hall–Kier alpha value is -0.870. The van der Waals surface area contributed by atoms with Crippen LogP contribution in [-0.2, 0) is 14.3 Å². The predicted octanol–water partition coefficient (Wildman–Crippen LogP) is 4.06. The first-order chi connectivity index (χ1) is 9.45. The van der Waals surface area contributed by atoms with Crippen LogP contribution in [0.15, 0.2) is 29.2 Å². The molecule has 0 spiro atoms. The Labute approximate surface area is 118 Å². The number of unbranched alkanes of at least 4 members (excludes halogenated alkanes) is 4. The van der Waals surface area contributed by atoms with Crippen LogP contribution in [0.3, 0.4) is 0 Å². The van der Waals surface area contributed by atoms with Crippen molar-refractivity contribution in [2.75, 3.05) is 6.58 Å². The van der Waals surface area contributed by atoms with Gasteiger partial charge in [0.1, 0.15) is 0 Å². The Morgan fingerprint density at radius 1 is 1.05 bits per heavy atom. The van der Waals surface area contributed by atoms with E-state index in [4.69, 9.17) is 5.55 Å². The fourth-order valence-corrected chi connectivity index (χ4v) is 2.59. The predicted molar refractivity (Wildman–Crippen MR) is 77.7 cm³/mol. The summed E-state index contributed by atoms with van der Waals surface area (Å²) in [6.07, 6.45) is 5.80. The topological polar surface area (TPSA) is 43.4 Å². The number of rotatable bonds is 9. The smallest absolute Gasteiger partial charge is 0.266 e.